The molecule has 6 heteroatoms. The van der Waals surface area contributed by atoms with Gasteiger partial charge in [0.2, 0.25) is 0 Å². The zero-order chi connectivity index (χ0) is 15.2. The number of methoxy groups -OCH3 is 1. The molecule has 1 spiro atoms. The van der Waals surface area contributed by atoms with Gasteiger partial charge in [0.25, 0.3) is 0 Å². The Balaban J connectivity index is 1.61. The molecule has 22 heavy (non-hydrogen) atoms. The highest BCUT2D eigenvalue weighted by molar-refractivity contribution is 7.96. The summed E-state index contributed by atoms with van der Waals surface area (Å²) in [5, 5.41) is 1.08. The second-order valence-corrected chi connectivity index (χ2v) is 7.09. The predicted molar refractivity (Wildman–Crippen MR) is 90.4 cm³/mol. The normalized spacial score (nSPS) is 20.5. The van der Waals surface area contributed by atoms with Crippen LogP contribution in [0.3, 0.4) is 0 Å². The van der Waals surface area contributed by atoms with Crippen LogP contribution in [0.25, 0.3) is 10.9 Å². The average molecular weight is 316 g/mol. The molecule has 0 N–H and O–H groups in total. The molecule has 0 unspecified atom stereocenters. The maximum absolute atomic E-state index is 5.42. The van der Waals surface area contributed by atoms with Gasteiger partial charge in [0.1, 0.15) is 23.4 Å². The van der Waals surface area contributed by atoms with Crippen LogP contribution in [0.2, 0.25) is 0 Å². The lowest BCUT2D eigenvalue weighted by Gasteiger charge is -2.49. The minimum Gasteiger partial charge on any atom is -0.494 e. The van der Waals surface area contributed by atoms with Crippen molar-refractivity contribution in [1.29, 1.82) is 0 Å². The Labute approximate surface area is 134 Å². The lowest BCUT2D eigenvalue weighted by Crippen LogP contribution is -2.57. The van der Waals surface area contributed by atoms with Crippen molar-refractivity contribution in [3.05, 3.63) is 24.5 Å². The molecular formula is C16H20N4OS. The SMILES string of the molecule is COc1cccc2c(N3CC4(CCN(SC)C4)C3)ncnc12. The third-order valence-corrected chi connectivity index (χ3v) is 5.67. The monoisotopic (exact) mass is 316 g/mol. The van der Waals surface area contributed by atoms with E-state index in [-0.39, 0.29) is 0 Å². The molecule has 0 aliphatic carbocycles. The summed E-state index contributed by atoms with van der Waals surface area (Å²) < 4.78 is 7.89. The number of fused-ring (bicyclic) bond motifs is 1. The molecule has 2 aliphatic rings. The summed E-state index contributed by atoms with van der Waals surface area (Å²) in [6.45, 7) is 4.57. The van der Waals surface area contributed by atoms with Gasteiger partial charge in [0.05, 0.1) is 7.11 Å². The van der Waals surface area contributed by atoms with Crippen molar-refractivity contribution in [2.45, 2.75) is 6.42 Å². The average Bonchev–Trinajstić information content (AvgIpc) is 2.97. The zero-order valence-electron chi connectivity index (χ0n) is 13.0. The number of rotatable bonds is 3. The van der Waals surface area contributed by atoms with Crippen LogP contribution in [0.5, 0.6) is 5.75 Å². The number of ether oxygens (including phenoxy) is 1. The second-order valence-electron chi connectivity index (χ2n) is 6.21. The van der Waals surface area contributed by atoms with Crippen LogP contribution < -0.4 is 9.64 Å². The second kappa shape index (κ2) is 5.28. The Morgan fingerprint density at radius 3 is 2.82 bits per heavy atom. The van der Waals surface area contributed by atoms with Crippen molar-refractivity contribution >= 4 is 28.7 Å². The largest absolute Gasteiger partial charge is 0.494 e. The van der Waals surface area contributed by atoms with Crippen LogP contribution in [0.15, 0.2) is 24.5 Å². The van der Waals surface area contributed by atoms with Crippen LogP contribution in [0.4, 0.5) is 5.82 Å². The maximum atomic E-state index is 5.42. The highest BCUT2D eigenvalue weighted by atomic mass is 32.2. The van der Waals surface area contributed by atoms with Crippen LogP contribution in [-0.4, -0.2) is 53.8 Å². The Bertz CT molecular complexity index is 702. The first-order valence-electron chi connectivity index (χ1n) is 7.56. The van der Waals surface area contributed by atoms with Gasteiger partial charge in [-0.3, -0.25) is 4.31 Å². The number of benzene rings is 1. The van der Waals surface area contributed by atoms with Gasteiger partial charge in [-0.15, -0.1) is 0 Å². The van der Waals surface area contributed by atoms with Crippen molar-refractivity contribution < 1.29 is 4.74 Å². The molecule has 0 atom stereocenters. The molecule has 1 aromatic carbocycles. The van der Waals surface area contributed by atoms with E-state index in [1.54, 1.807) is 13.4 Å². The quantitative estimate of drug-likeness (QED) is 0.810. The Hall–Kier alpha value is -1.53. The zero-order valence-corrected chi connectivity index (χ0v) is 13.8. The molecular weight excluding hydrogens is 296 g/mol. The molecule has 0 bridgehead atoms. The summed E-state index contributed by atoms with van der Waals surface area (Å²) in [4.78, 5) is 11.3. The van der Waals surface area contributed by atoms with Crippen molar-refractivity contribution in [2.24, 2.45) is 5.41 Å². The Kier molecular flexibility index (Phi) is 3.38. The summed E-state index contributed by atoms with van der Waals surface area (Å²) in [6, 6.07) is 6.04. The van der Waals surface area contributed by atoms with E-state index in [1.165, 1.54) is 19.5 Å². The lowest BCUT2D eigenvalue weighted by molar-refractivity contribution is 0.232. The highest BCUT2D eigenvalue weighted by Crippen LogP contribution is 2.44. The van der Waals surface area contributed by atoms with E-state index in [1.807, 2.05) is 24.1 Å². The van der Waals surface area contributed by atoms with Crippen molar-refractivity contribution in [2.75, 3.05) is 44.4 Å². The molecule has 5 nitrogen and oxygen atoms in total. The molecule has 0 radical (unpaired) electrons. The number of hydrogen-bond donors (Lipinski definition) is 0. The third-order valence-electron chi connectivity index (χ3n) is 4.84. The van der Waals surface area contributed by atoms with E-state index in [4.69, 9.17) is 4.74 Å². The molecule has 1 aromatic heterocycles. The van der Waals surface area contributed by atoms with Crippen LogP contribution in [-0.2, 0) is 0 Å². The van der Waals surface area contributed by atoms with Gasteiger partial charge in [-0.05, 0) is 24.8 Å². The minimum atomic E-state index is 0.457. The standard InChI is InChI=1S/C16H20N4OS/c1-21-13-5-3-4-12-14(13)17-11-18-15(12)19-8-16(9-19)6-7-20(10-16)22-2/h3-5,11H,6-10H2,1-2H3. The Morgan fingerprint density at radius 2 is 2.09 bits per heavy atom. The van der Waals surface area contributed by atoms with E-state index in [0.717, 1.165) is 35.6 Å². The number of para-hydroxylation sites is 1. The molecule has 2 saturated heterocycles. The van der Waals surface area contributed by atoms with Gasteiger partial charge in [-0.25, -0.2) is 9.97 Å². The van der Waals surface area contributed by atoms with Gasteiger partial charge in [0, 0.05) is 37.0 Å². The summed E-state index contributed by atoms with van der Waals surface area (Å²) in [5.74, 6) is 1.85. The number of anilines is 1. The number of hydrogen-bond acceptors (Lipinski definition) is 6. The van der Waals surface area contributed by atoms with E-state index in [9.17, 15) is 0 Å². The Morgan fingerprint density at radius 1 is 1.23 bits per heavy atom. The van der Waals surface area contributed by atoms with Gasteiger partial charge in [-0.2, -0.15) is 0 Å². The fourth-order valence-electron chi connectivity index (χ4n) is 3.68. The summed E-state index contributed by atoms with van der Waals surface area (Å²) in [6.07, 6.45) is 5.10. The van der Waals surface area contributed by atoms with E-state index >= 15 is 0 Å². The van der Waals surface area contributed by atoms with E-state index < -0.39 is 0 Å². The molecule has 116 valence electrons. The minimum absolute atomic E-state index is 0.457. The van der Waals surface area contributed by atoms with E-state index in [2.05, 4.69) is 31.5 Å². The van der Waals surface area contributed by atoms with Crippen LogP contribution >= 0.6 is 11.9 Å². The predicted octanol–water partition coefficient (Wildman–Crippen LogP) is 2.43. The lowest BCUT2D eigenvalue weighted by atomic mass is 9.79. The molecule has 2 aliphatic heterocycles. The van der Waals surface area contributed by atoms with Crippen molar-refractivity contribution in [3.8, 4) is 5.75 Å². The molecule has 2 aromatic rings. The van der Waals surface area contributed by atoms with Gasteiger partial charge < -0.3 is 9.64 Å². The number of aromatic nitrogens is 2. The third kappa shape index (κ3) is 2.13. The van der Waals surface area contributed by atoms with E-state index in [0.29, 0.717) is 5.41 Å². The molecule has 3 heterocycles. The molecule has 0 saturated carbocycles. The highest BCUT2D eigenvalue weighted by Gasteiger charge is 2.48. The topological polar surface area (TPSA) is 41.5 Å². The van der Waals surface area contributed by atoms with Gasteiger partial charge in [0.15, 0.2) is 0 Å². The molecule has 2 fully saturated rings. The summed E-state index contributed by atoms with van der Waals surface area (Å²) in [7, 11) is 1.69. The first kappa shape index (κ1) is 14.1. The van der Waals surface area contributed by atoms with Gasteiger partial charge >= 0.3 is 0 Å². The van der Waals surface area contributed by atoms with Crippen LogP contribution in [0, 0.1) is 5.41 Å². The first-order valence-corrected chi connectivity index (χ1v) is 8.75. The fourth-order valence-corrected chi connectivity index (χ4v) is 4.36. The maximum Gasteiger partial charge on any atom is 0.145 e. The smallest absolute Gasteiger partial charge is 0.145 e. The summed E-state index contributed by atoms with van der Waals surface area (Å²) in [5.41, 5.74) is 1.35. The first-order chi connectivity index (χ1) is 10.7. The van der Waals surface area contributed by atoms with Crippen molar-refractivity contribution in [1.82, 2.24) is 14.3 Å². The molecule has 0 amide bonds. The number of nitrogens with zero attached hydrogens (tertiary/aromatic N) is 4. The van der Waals surface area contributed by atoms with Gasteiger partial charge in [-0.1, -0.05) is 18.0 Å². The van der Waals surface area contributed by atoms with Crippen molar-refractivity contribution in [3.63, 3.8) is 0 Å². The fraction of sp³-hybridized carbons (Fsp3) is 0.500. The summed E-state index contributed by atoms with van der Waals surface area (Å²) >= 11 is 1.86. The van der Waals surface area contributed by atoms with Crippen LogP contribution in [0.1, 0.15) is 6.42 Å². The molecule has 4 rings (SSSR count).